The minimum Gasteiger partial charge on any atom is -0.415 e. The molecule has 9 nitrogen and oxygen atoms in total. The molecule has 4 rings (SSSR count). The summed E-state index contributed by atoms with van der Waals surface area (Å²) in [6.07, 6.45) is 3.37. The molecule has 35 heavy (non-hydrogen) atoms. The van der Waals surface area contributed by atoms with Gasteiger partial charge in [0.25, 0.3) is 5.89 Å². The molecule has 4 aromatic rings. The first-order valence-electron chi connectivity index (χ1n) is 11.3. The third-order valence-electron chi connectivity index (χ3n) is 5.58. The van der Waals surface area contributed by atoms with Crippen LogP contribution in [0.15, 0.2) is 53.2 Å². The molecule has 0 unspecified atom stereocenters. The minimum atomic E-state index is -0.713. The van der Waals surface area contributed by atoms with E-state index in [1.807, 2.05) is 71.3 Å². The van der Waals surface area contributed by atoms with E-state index in [-0.39, 0.29) is 1.43 Å². The van der Waals surface area contributed by atoms with Crippen LogP contribution >= 0.6 is 0 Å². The van der Waals surface area contributed by atoms with Gasteiger partial charge in [-0.3, -0.25) is 9.97 Å². The first-order valence-corrected chi connectivity index (χ1v) is 11.3. The Hall–Kier alpha value is -4.16. The van der Waals surface area contributed by atoms with E-state index < -0.39 is 5.41 Å². The first kappa shape index (κ1) is 24.0. The lowest BCUT2D eigenvalue weighted by atomic mass is 9.90. The van der Waals surface area contributed by atoms with E-state index in [0.29, 0.717) is 34.6 Å². The number of nitrogens with one attached hydrogen (secondary N) is 1. The summed E-state index contributed by atoms with van der Waals surface area (Å²) >= 11 is 0. The number of hydrogen-bond acceptors (Lipinski definition) is 9. The summed E-state index contributed by atoms with van der Waals surface area (Å²) < 4.78 is 5.97. The van der Waals surface area contributed by atoms with E-state index in [1.54, 1.807) is 12.4 Å². The molecule has 0 radical (unpaired) electrons. The number of nitrogens with zero attached hydrogens (tertiary/aromatic N) is 7. The van der Waals surface area contributed by atoms with Crippen LogP contribution in [0.2, 0.25) is 0 Å². The van der Waals surface area contributed by atoms with Crippen LogP contribution in [-0.4, -0.2) is 57.2 Å². The SMILES string of the molecule is Cc1ncc(-c2ccnc(C(C)(C)C#N)c2)nc1-c1nnc(-c2ccc(NCCN(C)C)cc2)o1.[HH]. The van der Waals surface area contributed by atoms with Crippen LogP contribution in [0.5, 0.6) is 0 Å². The number of likely N-dealkylation sites (N-methyl/N-ethyl adjacent to an activating group) is 1. The molecule has 1 N–H and O–H groups in total. The maximum absolute atomic E-state index is 9.46. The van der Waals surface area contributed by atoms with Gasteiger partial charge in [-0.1, -0.05) is 0 Å². The topological polar surface area (TPSA) is 117 Å². The van der Waals surface area contributed by atoms with Crippen LogP contribution in [0.3, 0.4) is 0 Å². The summed E-state index contributed by atoms with van der Waals surface area (Å²) in [6.45, 7) is 7.32. The molecule has 0 bridgehead atoms. The fraction of sp³-hybridized carbons (Fsp3) is 0.308. The van der Waals surface area contributed by atoms with Gasteiger partial charge in [0.05, 0.1) is 34.8 Å². The molecule has 3 aromatic heterocycles. The first-order chi connectivity index (χ1) is 16.8. The van der Waals surface area contributed by atoms with E-state index in [4.69, 9.17) is 9.40 Å². The number of rotatable bonds is 8. The molecule has 9 heteroatoms. The van der Waals surface area contributed by atoms with Crippen molar-refractivity contribution in [2.75, 3.05) is 32.5 Å². The zero-order chi connectivity index (χ0) is 25.0. The van der Waals surface area contributed by atoms with Gasteiger partial charge in [-0.05, 0) is 71.3 Å². The molecule has 3 heterocycles. The second kappa shape index (κ2) is 9.99. The summed E-state index contributed by atoms with van der Waals surface area (Å²) in [5, 5.41) is 21.3. The smallest absolute Gasteiger partial charge is 0.268 e. The molecular weight excluding hydrogens is 440 g/mol. The number of aromatic nitrogens is 5. The maximum atomic E-state index is 9.46. The summed E-state index contributed by atoms with van der Waals surface area (Å²) in [5.41, 5.74) is 4.44. The molecule has 180 valence electrons. The second-order valence-electron chi connectivity index (χ2n) is 9.08. The quantitative estimate of drug-likeness (QED) is 0.395. The third-order valence-corrected chi connectivity index (χ3v) is 5.58. The molecule has 0 aliphatic rings. The van der Waals surface area contributed by atoms with Crippen molar-refractivity contribution in [3.05, 3.63) is 60.2 Å². The predicted molar refractivity (Wildman–Crippen MR) is 137 cm³/mol. The van der Waals surface area contributed by atoms with Crippen molar-refractivity contribution >= 4 is 5.69 Å². The van der Waals surface area contributed by atoms with Gasteiger partial charge >= 0.3 is 0 Å². The zero-order valence-corrected chi connectivity index (χ0v) is 20.6. The number of anilines is 1. The van der Waals surface area contributed by atoms with Crippen molar-refractivity contribution in [2.24, 2.45) is 0 Å². The number of pyridine rings is 1. The van der Waals surface area contributed by atoms with Crippen LogP contribution in [0, 0.1) is 18.3 Å². The lowest BCUT2D eigenvalue weighted by Crippen LogP contribution is -2.20. The molecular formula is C26H30N8O. The summed E-state index contributed by atoms with van der Waals surface area (Å²) in [7, 11) is 4.09. The molecule has 0 aliphatic carbocycles. The van der Waals surface area contributed by atoms with Crippen LogP contribution in [0.25, 0.3) is 34.3 Å². The number of hydrogen-bond donors (Lipinski definition) is 1. The summed E-state index contributed by atoms with van der Waals surface area (Å²) in [6, 6.07) is 13.9. The Morgan fingerprint density at radius 3 is 2.51 bits per heavy atom. The lowest BCUT2D eigenvalue weighted by Gasteiger charge is -2.15. The molecule has 0 aliphatic heterocycles. The van der Waals surface area contributed by atoms with Crippen molar-refractivity contribution in [1.29, 1.82) is 5.26 Å². The third kappa shape index (κ3) is 5.50. The Morgan fingerprint density at radius 2 is 1.80 bits per heavy atom. The fourth-order valence-electron chi connectivity index (χ4n) is 3.37. The summed E-state index contributed by atoms with van der Waals surface area (Å²) in [5.74, 6) is 0.708. The summed E-state index contributed by atoms with van der Waals surface area (Å²) in [4.78, 5) is 15.7. The van der Waals surface area contributed by atoms with E-state index in [0.717, 1.165) is 29.9 Å². The predicted octanol–water partition coefficient (Wildman–Crippen LogP) is 4.58. The number of nitriles is 1. The van der Waals surface area contributed by atoms with Gasteiger partial charge in [0.2, 0.25) is 5.89 Å². The van der Waals surface area contributed by atoms with Crippen LogP contribution in [0.4, 0.5) is 5.69 Å². The monoisotopic (exact) mass is 470 g/mol. The second-order valence-corrected chi connectivity index (χ2v) is 9.08. The Kier molecular flexibility index (Phi) is 6.85. The van der Waals surface area contributed by atoms with Crippen molar-refractivity contribution in [3.8, 4) is 40.4 Å². The Labute approximate surface area is 206 Å². The molecule has 1 aromatic carbocycles. The average Bonchev–Trinajstić information content (AvgIpc) is 3.35. The molecule has 0 saturated heterocycles. The average molecular weight is 471 g/mol. The fourth-order valence-corrected chi connectivity index (χ4v) is 3.37. The molecule has 0 atom stereocenters. The van der Waals surface area contributed by atoms with E-state index in [9.17, 15) is 5.26 Å². The van der Waals surface area contributed by atoms with Gasteiger partial charge in [-0.15, -0.1) is 10.2 Å². The van der Waals surface area contributed by atoms with Gasteiger partial charge in [0.1, 0.15) is 5.69 Å². The van der Waals surface area contributed by atoms with Gasteiger partial charge in [-0.2, -0.15) is 5.26 Å². The standard InChI is InChI=1S/C26H28N8O.H2/c1-17-23(31-21(15-30-17)19-10-11-29-22(14-19)26(2,3)16-27)25-33-32-24(35-25)18-6-8-20(9-7-18)28-12-13-34(4)5;/h6-11,14-15,28H,12-13H2,1-5H3;1H. The van der Waals surface area contributed by atoms with Crippen LogP contribution in [-0.2, 0) is 5.41 Å². The molecule has 0 amide bonds. The highest BCUT2D eigenvalue weighted by molar-refractivity contribution is 5.64. The zero-order valence-electron chi connectivity index (χ0n) is 20.6. The molecule has 0 fully saturated rings. The van der Waals surface area contributed by atoms with Crippen molar-refractivity contribution < 1.29 is 5.84 Å². The van der Waals surface area contributed by atoms with Crippen molar-refractivity contribution in [3.63, 3.8) is 0 Å². The van der Waals surface area contributed by atoms with Crippen molar-refractivity contribution in [1.82, 2.24) is 30.0 Å². The van der Waals surface area contributed by atoms with Gasteiger partial charge in [0.15, 0.2) is 0 Å². The molecule has 0 spiro atoms. The minimum absolute atomic E-state index is 0. The Morgan fingerprint density at radius 1 is 1.06 bits per heavy atom. The maximum Gasteiger partial charge on any atom is 0.268 e. The van der Waals surface area contributed by atoms with E-state index in [2.05, 4.69) is 36.5 Å². The lowest BCUT2D eigenvalue weighted by molar-refractivity contribution is 0.425. The van der Waals surface area contributed by atoms with Gasteiger partial charge in [-0.25, -0.2) is 4.98 Å². The van der Waals surface area contributed by atoms with Gasteiger partial charge in [0, 0.05) is 37.5 Å². The largest absolute Gasteiger partial charge is 0.415 e. The highest BCUT2D eigenvalue weighted by Gasteiger charge is 2.22. The Balaban J connectivity index is 0.00000361. The Bertz CT molecular complexity index is 1360. The van der Waals surface area contributed by atoms with Gasteiger partial charge < -0.3 is 14.6 Å². The van der Waals surface area contributed by atoms with E-state index >= 15 is 0 Å². The normalized spacial score (nSPS) is 11.5. The highest BCUT2D eigenvalue weighted by Crippen LogP contribution is 2.29. The molecule has 0 saturated carbocycles. The van der Waals surface area contributed by atoms with Crippen molar-refractivity contribution in [2.45, 2.75) is 26.2 Å². The number of aryl methyl sites for hydroxylation is 1. The van der Waals surface area contributed by atoms with E-state index in [1.165, 1.54) is 0 Å². The highest BCUT2D eigenvalue weighted by atomic mass is 16.4. The van der Waals surface area contributed by atoms with Crippen LogP contribution in [0.1, 0.15) is 26.7 Å². The number of benzene rings is 1. The van der Waals surface area contributed by atoms with Crippen LogP contribution < -0.4 is 5.32 Å².